The second-order valence-electron chi connectivity index (χ2n) is 6.13. The van der Waals surface area contributed by atoms with E-state index < -0.39 is 0 Å². The Balaban J connectivity index is 2.01. The summed E-state index contributed by atoms with van der Waals surface area (Å²) in [4.78, 5) is 4.49. The standard InChI is InChI=1S/C13H23N3OS/c1-12(2,3)18-9-10-15-11(17-16-10)13(14)7-5-4-6-8-13/h4-9,14H2,1-3H3. The van der Waals surface area contributed by atoms with E-state index in [1.54, 1.807) is 0 Å². The van der Waals surface area contributed by atoms with E-state index in [1.165, 1.54) is 6.42 Å². The smallest absolute Gasteiger partial charge is 0.246 e. The summed E-state index contributed by atoms with van der Waals surface area (Å²) < 4.78 is 5.59. The number of nitrogens with two attached hydrogens (primary N) is 1. The molecule has 0 saturated heterocycles. The second kappa shape index (κ2) is 5.21. The lowest BCUT2D eigenvalue weighted by atomic mass is 9.82. The third kappa shape index (κ3) is 3.48. The first-order valence-electron chi connectivity index (χ1n) is 6.65. The SMILES string of the molecule is CC(C)(C)SCc1noc(C2(N)CCCCC2)n1. The molecule has 2 N–H and O–H groups in total. The first-order chi connectivity index (χ1) is 8.39. The fourth-order valence-corrected chi connectivity index (χ4v) is 2.87. The molecule has 5 heteroatoms. The monoisotopic (exact) mass is 269 g/mol. The van der Waals surface area contributed by atoms with Crippen LogP contribution >= 0.6 is 11.8 Å². The normalized spacial score (nSPS) is 20.0. The first-order valence-corrected chi connectivity index (χ1v) is 7.64. The van der Waals surface area contributed by atoms with Gasteiger partial charge in [-0.3, -0.25) is 0 Å². The van der Waals surface area contributed by atoms with Crippen molar-refractivity contribution < 1.29 is 4.52 Å². The lowest BCUT2D eigenvalue weighted by Crippen LogP contribution is -2.39. The third-order valence-corrected chi connectivity index (χ3v) is 4.54. The Kier molecular flexibility index (Phi) is 4.02. The van der Waals surface area contributed by atoms with Gasteiger partial charge in [-0.15, -0.1) is 11.8 Å². The van der Waals surface area contributed by atoms with Crippen molar-refractivity contribution in [3.05, 3.63) is 11.7 Å². The van der Waals surface area contributed by atoms with Crippen LogP contribution in [0.3, 0.4) is 0 Å². The minimum absolute atomic E-state index is 0.214. The maximum Gasteiger partial charge on any atom is 0.246 e. The fraction of sp³-hybridized carbons (Fsp3) is 0.846. The minimum atomic E-state index is -0.379. The molecule has 1 fully saturated rings. The van der Waals surface area contributed by atoms with Crippen LogP contribution in [0.1, 0.15) is 64.6 Å². The topological polar surface area (TPSA) is 64.9 Å². The predicted molar refractivity (Wildman–Crippen MR) is 74.3 cm³/mol. The van der Waals surface area contributed by atoms with Crippen molar-refractivity contribution in [1.82, 2.24) is 10.1 Å². The van der Waals surface area contributed by atoms with Crippen LogP contribution in [0.15, 0.2) is 4.52 Å². The van der Waals surface area contributed by atoms with Gasteiger partial charge in [0.2, 0.25) is 5.89 Å². The van der Waals surface area contributed by atoms with Crippen LogP contribution in [0.5, 0.6) is 0 Å². The van der Waals surface area contributed by atoms with Gasteiger partial charge in [0.05, 0.1) is 11.3 Å². The highest BCUT2D eigenvalue weighted by Gasteiger charge is 2.35. The van der Waals surface area contributed by atoms with E-state index in [4.69, 9.17) is 10.3 Å². The maximum absolute atomic E-state index is 6.37. The van der Waals surface area contributed by atoms with Crippen molar-refractivity contribution >= 4 is 11.8 Å². The molecular weight excluding hydrogens is 246 g/mol. The van der Waals surface area contributed by atoms with E-state index in [9.17, 15) is 0 Å². The van der Waals surface area contributed by atoms with E-state index in [1.807, 2.05) is 11.8 Å². The molecule has 0 atom stereocenters. The predicted octanol–water partition coefficient (Wildman–Crippen LogP) is 3.22. The Labute approximate surface area is 113 Å². The molecule has 0 aliphatic heterocycles. The van der Waals surface area contributed by atoms with Gasteiger partial charge in [0, 0.05) is 4.75 Å². The zero-order chi connectivity index (χ0) is 13.2. The molecule has 0 aromatic carbocycles. The Morgan fingerprint density at radius 1 is 1.28 bits per heavy atom. The van der Waals surface area contributed by atoms with Gasteiger partial charge in [-0.25, -0.2) is 0 Å². The first kappa shape index (κ1) is 13.9. The Morgan fingerprint density at radius 2 is 1.94 bits per heavy atom. The average molecular weight is 269 g/mol. The number of rotatable bonds is 3. The molecule has 4 nitrogen and oxygen atoms in total. The summed E-state index contributed by atoms with van der Waals surface area (Å²) >= 11 is 1.82. The van der Waals surface area contributed by atoms with Gasteiger partial charge in [0.15, 0.2) is 5.82 Å². The van der Waals surface area contributed by atoms with Gasteiger partial charge in [-0.2, -0.15) is 4.98 Å². The van der Waals surface area contributed by atoms with Crippen LogP contribution in [0.2, 0.25) is 0 Å². The Bertz CT molecular complexity index is 391. The van der Waals surface area contributed by atoms with Crippen LogP contribution < -0.4 is 5.73 Å². The lowest BCUT2D eigenvalue weighted by Gasteiger charge is -2.29. The molecule has 1 saturated carbocycles. The number of nitrogens with zero attached hydrogens (tertiary/aromatic N) is 2. The van der Waals surface area contributed by atoms with E-state index in [0.29, 0.717) is 5.89 Å². The molecule has 1 aromatic rings. The highest BCUT2D eigenvalue weighted by Crippen LogP contribution is 2.34. The summed E-state index contributed by atoms with van der Waals surface area (Å²) in [5, 5.41) is 4.05. The fourth-order valence-electron chi connectivity index (χ4n) is 2.19. The van der Waals surface area contributed by atoms with E-state index >= 15 is 0 Å². The minimum Gasteiger partial charge on any atom is -0.337 e. The summed E-state index contributed by atoms with van der Waals surface area (Å²) in [6, 6.07) is 0. The summed E-state index contributed by atoms with van der Waals surface area (Å²) in [6.45, 7) is 6.55. The second-order valence-corrected chi connectivity index (χ2v) is 7.94. The summed E-state index contributed by atoms with van der Waals surface area (Å²) in [5.74, 6) is 2.18. The largest absolute Gasteiger partial charge is 0.337 e. The summed E-state index contributed by atoms with van der Waals surface area (Å²) in [7, 11) is 0. The van der Waals surface area contributed by atoms with Crippen molar-refractivity contribution in [2.45, 2.75) is 68.9 Å². The van der Waals surface area contributed by atoms with Gasteiger partial charge in [0.25, 0.3) is 0 Å². The highest BCUT2D eigenvalue weighted by atomic mass is 32.2. The molecule has 1 aromatic heterocycles. The number of hydrogen-bond acceptors (Lipinski definition) is 5. The van der Waals surface area contributed by atoms with E-state index in [2.05, 4.69) is 30.9 Å². The van der Waals surface area contributed by atoms with E-state index in [-0.39, 0.29) is 10.3 Å². The van der Waals surface area contributed by atoms with Gasteiger partial charge >= 0.3 is 0 Å². The van der Waals surface area contributed by atoms with Crippen LogP contribution in [0, 0.1) is 0 Å². The Morgan fingerprint density at radius 3 is 2.56 bits per heavy atom. The van der Waals surface area contributed by atoms with Crippen molar-refractivity contribution in [2.75, 3.05) is 0 Å². The Hall–Kier alpha value is -0.550. The molecule has 18 heavy (non-hydrogen) atoms. The number of thioether (sulfide) groups is 1. The molecule has 0 radical (unpaired) electrons. The average Bonchev–Trinajstić information content (AvgIpc) is 2.76. The highest BCUT2D eigenvalue weighted by molar-refractivity contribution is 7.99. The molecule has 0 amide bonds. The number of aromatic nitrogens is 2. The van der Waals surface area contributed by atoms with Gasteiger partial charge in [0.1, 0.15) is 0 Å². The van der Waals surface area contributed by atoms with Crippen LogP contribution in [-0.2, 0) is 11.3 Å². The van der Waals surface area contributed by atoms with Crippen LogP contribution in [-0.4, -0.2) is 14.9 Å². The number of hydrogen-bond donors (Lipinski definition) is 1. The van der Waals surface area contributed by atoms with Gasteiger partial charge in [-0.1, -0.05) is 45.2 Å². The maximum atomic E-state index is 6.37. The van der Waals surface area contributed by atoms with Gasteiger partial charge in [-0.05, 0) is 12.8 Å². The van der Waals surface area contributed by atoms with Crippen molar-refractivity contribution in [3.8, 4) is 0 Å². The molecule has 1 aliphatic carbocycles. The molecule has 2 rings (SSSR count). The zero-order valence-corrected chi connectivity index (χ0v) is 12.3. The van der Waals surface area contributed by atoms with Crippen molar-refractivity contribution in [3.63, 3.8) is 0 Å². The molecule has 0 bridgehead atoms. The van der Waals surface area contributed by atoms with E-state index in [0.717, 1.165) is 37.3 Å². The zero-order valence-electron chi connectivity index (χ0n) is 11.5. The quantitative estimate of drug-likeness (QED) is 0.912. The molecule has 0 spiro atoms. The summed E-state index contributed by atoms with van der Waals surface area (Å²) in [6.07, 6.45) is 5.50. The van der Waals surface area contributed by atoms with Crippen LogP contribution in [0.4, 0.5) is 0 Å². The molecule has 1 aliphatic rings. The molecular formula is C13H23N3OS. The summed E-state index contributed by atoms with van der Waals surface area (Å²) in [5.41, 5.74) is 5.99. The molecule has 102 valence electrons. The third-order valence-electron chi connectivity index (χ3n) is 3.27. The van der Waals surface area contributed by atoms with Gasteiger partial charge < -0.3 is 10.3 Å². The molecule has 0 unspecified atom stereocenters. The molecule has 1 heterocycles. The van der Waals surface area contributed by atoms with Crippen molar-refractivity contribution in [2.24, 2.45) is 5.73 Å². The van der Waals surface area contributed by atoms with Crippen molar-refractivity contribution in [1.29, 1.82) is 0 Å². The lowest BCUT2D eigenvalue weighted by molar-refractivity contribution is 0.219. The van der Waals surface area contributed by atoms with Crippen LogP contribution in [0.25, 0.3) is 0 Å².